The zero-order valence-electron chi connectivity index (χ0n) is 13.9. The number of carbonyl (C=O) groups is 1. The molecule has 2 aromatic rings. The fourth-order valence-electron chi connectivity index (χ4n) is 3.02. The van der Waals surface area contributed by atoms with Crippen LogP contribution in [-0.2, 0) is 4.79 Å². The number of aromatic nitrogens is 2. The van der Waals surface area contributed by atoms with Crippen molar-refractivity contribution in [2.75, 3.05) is 31.6 Å². The summed E-state index contributed by atoms with van der Waals surface area (Å²) >= 11 is 0. The Bertz CT molecular complexity index is 758. The van der Waals surface area contributed by atoms with Crippen molar-refractivity contribution in [3.05, 3.63) is 42.1 Å². The smallest absolute Gasteiger partial charge is 0.239 e. The van der Waals surface area contributed by atoms with Crippen LogP contribution in [0.15, 0.2) is 36.5 Å². The first-order valence-corrected chi connectivity index (χ1v) is 8.38. The van der Waals surface area contributed by atoms with Gasteiger partial charge in [0.25, 0.3) is 0 Å². The van der Waals surface area contributed by atoms with Crippen LogP contribution in [0.3, 0.4) is 0 Å². The lowest BCUT2D eigenvalue weighted by Crippen LogP contribution is -2.40. The predicted octanol–water partition coefficient (Wildman–Crippen LogP) is 1.39. The van der Waals surface area contributed by atoms with Crippen LogP contribution in [0.25, 0.3) is 5.69 Å². The third kappa shape index (κ3) is 4.05. The molecule has 130 valence electrons. The summed E-state index contributed by atoms with van der Waals surface area (Å²) < 4.78 is 1.56. The van der Waals surface area contributed by atoms with Gasteiger partial charge in [-0.2, -0.15) is 10.4 Å². The molecule has 25 heavy (non-hydrogen) atoms. The van der Waals surface area contributed by atoms with Crippen LogP contribution in [0, 0.1) is 17.2 Å². The summed E-state index contributed by atoms with van der Waals surface area (Å²) in [6.45, 7) is 2.06. The molecule has 0 spiro atoms. The van der Waals surface area contributed by atoms with E-state index in [-0.39, 0.29) is 19.1 Å². The van der Waals surface area contributed by atoms with E-state index in [1.165, 1.54) is 6.20 Å². The fourth-order valence-corrected chi connectivity index (χ4v) is 3.02. The predicted molar refractivity (Wildman–Crippen MR) is 93.2 cm³/mol. The second kappa shape index (κ2) is 7.92. The van der Waals surface area contributed by atoms with Crippen LogP contribution in [0.4, 0.5) is 5.82 Å². The van der Waals surface area contributed by atoms with Gasteiger partial charge >= 0.3 is 0 Å². The summed E-state index contributed by atoms with van der Waals surface area (Å²) in [7, 11) is 0. The Labute approximate surface area is 146 Å². The monoisotopic (exact) mass is 339 g/mol. The normalized spacial score (nSPS) is 15.7. The van der Waals surface area contributed by atoms with E-state index < -0.39 is 0 Å². The van der Waals surface area contributed by atoms with Crippen molar-refractivity contribution >= 4 is 11.7 Å². The number of carbonyl (C=O) groups excluding carboxylic acids is 1. The lowest BCUT2D eigenvalue weighted by Gasteiger charge is -2.30. The maximum atomic E-state index is 12.4. The maximum absolute atomic E-state index is 12.4. The third-order valence-electron chi connectivity index (χ3n) is 4.48. The second-order valence-electron chi connectivity index (χ2n) is 6.22. The molecule has 0 radical (unpaired) electrons. The second-order valence-corrected chi connectivity index (χ2v) is 6.22. The molecule has 1 aromatic heterocycles. The van der Waals surface area contributed by atoms with Crippen molar-refractivity contribution in [3.8, 4) is 11.8 Å². The van der Waals surface area contributed by atoms with Gasteiger partial charge in [-0.25, -0.2) is 4.68 Å². The molecule has 0 saturated carbocycles. The molecule has 0 aliphatic carbocycles. The Kier molecular flexibility index (Phi) is 5.43. The third-order valence-corrected chi connectivity index (χ3v) is 4.48. The van der Waals surface area contributed by atoms with Crippen molar-refractivity contribution in [1.29, 1.82) is 5.26 Å². The van der Waals surface area contributed by atoms with Gasteiger partial charge < -0.3 is 10.4 Å². The van der Waals surface area contributed by atoms with Gasteiger partial charge in [-0.1, -0.05) is 18.2 Å². The van der Waals surface area contributed by atoms with Gasteiger partial charge in [0.15, 0.2) is 5.82 Å². The minimum absolute atomic E-state index is 0.170. The van der Waals surface area contributed by atoms with Gasteiger partial charge in [0, 0.05) is 6.61 Å². The molecule has 0 bridgehead atoms. The summed E-state index contributed by atoms with van der Waals surface area (Å²) in [4.78, 5) is 14.5. The Morgan fingerprint density at radius 2 is 2.04 bits per heavy atom. The molecule has 1 saturated heterocycles. The van der Waals surface area contributed by atoms with Crippen molar-refractivity contribution < 1.29 is 9.90 Å². The van der Waals surface area contributed by atoms with Crippen LogP contribution >= 0.6 is 0 Å². The number of nitrogens with one attached hydrogen (secondary N) is 1. The number of likely N-dealkylation sites (tertiary alicyclic amines) is 1. The van der Waals surface area contributed by atoms with E-state index >= 15 is 0 Å². The van der Waals surface area contributed by atoms with Crippen molar-refractivity contribution in [2.45, 2.75) is 12.8 Å². The molecule has 1 aromatic carbocycles. The van der Waals surface area contributed by atoms with Crippen LogP contribution in [0.1, 0.15) is 18.4 Å². The highest BCUT2D eigenvalue weighted by Gasteiger charge is 2.21. The van der Waals surface area contributed by atoms with Crippen molar-refractivity contribution in [3.63, 3.8) is 0 Å². The number of aliphatic hydroxyl groups is 1. The summed E-state index contributed by atoms with van der Waals surface area (Å²) in [6.07, 6.45) is 3.25. The first kappa shape index (κ1) is 17.1. The van der Waals surface area contributed by atoms with Crippen LogP contribution in [0.5, 0.6) is 0 Å². The average molecular weight is 339 g/mol. The van der Waals surface area contributed by atoms with Crippen LogP contribution in [0.2, 0.25) is 0 Å². The maximum Gasteiger partial charge on any atom is 0.239 e. The highest BCUT2D eigenvalue weighted by molar-refractivity contribution is 5.92. The van der Waals surface area contributed by atoms with Gasteiger partial charge in [-0.05, 0) is 44.0 Å². The molecule has 1 amide bonds. The molecule has 0 unspecified atom stereocenters. The molecule has 2 N–H and O–H groups in total. The largest absolute Gasteiger partial charge is 0.396 e. The van der Waals surface area contributed by atoms with Crippen LogP contribution in [-0.4, -0.2) is 51.9 Å². The first-order chi connectivity index (χ1) is 12.2. The van der Waals surface area contributed by atoms with E-state index in [0.717, 1.165) is 31.6 Å². The van der Waals surface area contributed by atoms with Crippen molar-refractivity contribution in [1.82, 2.24) is 14.7 Å². The summed E-state index contributed by atoms with van der Waals surface area (Å²) in [6, 6.07) is 11.4. The standard InChI is InChI=1S/C18H21N5O2/c19-10-15-11-20-23(16-4-2-1-3-5-16)18(15)21-17(25)12-22-8-6-14(13-24)7-9-22/h1-5,11,14,24H,6-9,12-13H2,(H,21,25). The molecule has 7 heteroatoms. The molecular formula is C18H21N5O2. The SMILES string of the molecule is N#Cc1cnn(-c2ccccc2)c1NC(=O)CN1CCC(CO)CC1. The van der Waals surface area contributed by atoms with E-state index in [1.807, 2.05) is 30.3 Å². The van der Waals surface area contributed by atoms with Gasteiger partial charge in [0.2, 0.25) is 5.91 Å². The molecular weight excluding hydrogens is 318 g/mol. The Morgan fingerprint density at radius 3 is 2.68 bits per heavy atom. The molecule has 1 aliphatic heterocycles. The van der Waals surface area contributed by atoms with E-state index in [1.54, 1.807) is 4.68 Å². The number of piperidine rings is 1. The highest BCUT2D eigenvalue weighted by atomic mass is 16.3. The number of para-hydroxylation sites is 1. The first-order valence-electron chi connectivity index (χ1n) is 8.38. The Morgan fingerprint density at radius 1 is 1.32 bits per heavy atom. The highest BCUT2D eigenvalue weighted by Crippen LogP contribution is 2.20. The molecule has 2 heterocycles. The number of rotatable bonds is 5. The van der Waals surface area contributed by atoms with Gasteiger partial charge in [0.05, 0.1) is 18.4 Å². The topological polar surface area (TPSA) is 94.2 Å². The number of nitriles is 1. The van der Waals surface area contributed by atoms with Crippen molar-refractivity contribution in [2.24, 2.45) is 5.92 Å². The molecule has 7 nitrogen and oxygen atoms in total. The Hall–Kier alpha value is -2.69. The molecule has 1 aliphatic rings. The van der Waals surface area contributed by atoms with Gasteiger partial charge in [-0.15, -0.1) is 0 Å². The lowest BCUT2D eigenvalue weighted by molar-refractivity contribution is -0.117. The molecule has 3 rings (SSSR count). The minimum Gasteiger partial charge on any atom is -0.396 e. The quantitative estimate of drug-likeness (QED) is 0.858. The summed E-state index contributed by atoms with van der Waals surface area (Å²) in [5, 5.41) is 25.5. The number of hydrogen-bond donors (Lipinski definition) is 2. The molecule has 0 atom stereocenters. The number of nitrogens with zero attached hydrogens (tertiary/aromatic N) is 4. The van der Waals surface area contributed by atoms with Gasteiger partial charge in [-0.3, -0.25) is 9.69 Å². The molecule has 1 fully saturated rings. The Balaban J connectivity index is 1.69. The zero-order chi connectivity index (χ0) is 17.6. The van der Waals surface area contributed by atoms with E-state index in [4.69, 9.17) is 0 Å². The van der Waals surface area contributed by atoms with E-state index in [0.29, 0.717) is 17.3 Å². The number of aliphatic hydroxyl groups excluding tert-OH is 1. The number of hydrogen-bond acceptors (Lipinski definition) is 5. The minimum atomic E-state index is -0.170. The summed E-state index contributed by atoms with van der Waals surface area (Å²) in [5.74, 6) is 0.560. The van der Waals surface area contributed by atoms with Crippen LogP contribution < -0.4 is 5.32 Å². The van der Waals surface area contributed by atoms with E-state index in [2.05, 4.69) is 21.4 Å². The van der Waals surface area contributed by atoms with Gasteiger partial charge in [0.1, 0.15) is 11.6 Å². The zero-order valence-corrected chi connectivity index (χ0v) is 13.9. The number of anilines is 1. The number of amides is 1. The van der Waals surface area contributed by atoms with E-state index in [9.17, 15) is 15.2 Å². The summed E-state index contributed by atoms with van der Waals surface area (Å²) in [5.41, 5.74) is 1.11. The fraction of sp³-hybridized carbons (Fsp3) is 0.389. The average Bonchev–Trinajstić information content (AvgIpc) is 3.05. The number of benzene rings is 1. The lowest BCUT2D eigenvalue weighted by atomic mass is 9.98.